The van der Waals surface area contributed by atoms with Crippen molar-refractivity contribution in [3.8, 4) is 0 Å². The fraction of sp³-hybridized carbons (Fsp3) is 0.0556. The molecule has 3 rings (SSSR count). The second kappa shape index (κ2) is 6.64. The fourth-order valence-electron chi connectivity index (χ4n) is 2.37. The predicted octanol–water partition coefficient (Wildman–Crippen LogP) is 4.01. The van der Waals surface area contributed by atoms with Gasteiger partial charge in [0.2, 0.25) is 0 Å². The minimum absolute atomic E-state index is 0.126. The largest absolute Gasteiger partial charge is 0.481 e. The van der Waals surface area contributed by atoms with Crippen LogP contribution in [0.15, 0.2) is 48.5 Å². The molecule has 6 heteroatoms. The molecule has 0 atom stereocenters. The van der Waals surface area contributed by atoms with Crippen LogP contribution < -0.4 is 0 Å². The van der Waals surface area contributed by atoms with Crippen molar-refractivity contribution in [3.63, 3.8) is 0 Å². The molecule has 0 amide bonds. The number of fused-ring (bicyclic) bond motifs is 1. The van der Waals surface area contributed by atoms with Crippen molar-refractivity contribution in [1.82, 2.24) is 4.98 Å². The Morgan fingerprint density at radius 2 is 1.75 bits per heavy atom. The van der Waals surface area contributed by atoms with Crippen LogP contribution in [0.4, 0.5) is 0 Å². The SMILES string of the molecule is O=C(O)C/C(=C/c1ccccc1C(=O)O)c1nc2ccccc2s1. The zero-order valence-electron chi connectivity index (χ0n) is 12.5. The molecule has 3 aromatic rings. The molecule has 0 aliphatic heterocycles. The van der Waals surface area contributed by atoms with Crippen molar-refractivity contribution >= 4 is 45.1 Å². The average molecular weight is 339 g/mol. The van der Waals surface area contributed by atoms with Gasteiger partial charge in [0.1, 0.15) is 5.01 Å². The molecule has 0 spiro atoms. The number of rotatable bonds is 5. The molecule has 24 heavy (non-hydrogen) atoms. The Hall–Kier alpha value is -2.99. The van der Waals surface area contributed by atoms with E-state index in [-0.39, 0.29) is 12.0 Å². The number of carboxylic acids is 2. The zero-order chi connectivity index (χ0) is 17.1. The number of carbonyl (C=O) groups is 2. The summed E-state index contributed by atoms with van der Waals surface area (Å²) in [4.78, 5) is 27.0. The van der Waals surface area contributed by atoms with Crippen molar-refractivity contribution < 1.29 is 19.8 Å². The molecule has 0 saturated carbocycles. The molecule has 2 N–H and O–H groups in total. The monoisotopic (exact) mass is 339 g/mol. The van der Waals surface area contributed by atoms with Crippen LogP contribution in [0.5, 0.6) is 0 Å². The van der Waals surface area contributed by atoms with Crippen molar-refractivity contribution in [1.29, 1.82) is 0 Å². The smallest absolute Gasteiger partial charge is 0.336 e. The highest BCUT2D eigenvalue weighted by molar-refractivity contribution is 7.19. The molecule has 0 aliphatic carbocycles. The Morgan fingerprint density at radius 1 is 1.04 bits per heavy atom. The van der Waals surface area contributed by atoms with E-state index in [4.69, 9.17) is 0 Å². The lowest BCUT2D eigenvalue weighted by atomic mass is 10.0. The van der Waals surface area contributed by atoms with Gasteiger partial charge in [0.15, 0.2) is 0 Å². The first-order valence-corrected chi connectivity index (χ1v) is 7.97. The maximum atomic E-state index is 11.3. The highest BCUT2D eigenvalue weighted by Crippen LogP contribution is 2.30. The zero-order valence-corrected chi connectivity index (χ0v) is 13.3. The van der Waals surface area contributed by atoms with Gasteiger partial charge in [-0.2, -0.15) is 0 Å². The van der Waals surface area contributed by atoms with Gasteiger partial charge in [-0.3, -0.25) is 4.79 Å². The summed E-state index contributed by atoms with van der Waals surface area (Å²) in [5.74, 6) is -2.05. The van der Waals surface area contributed by atoms with Crippen LogP contribution in [-0.4, -0.2) is 27.1 Å². The summed E-state index contributed by atoms with van der Waals surface area (Å²) in [6.45, 7) is 0. The normalized spacial score (nSPS) is 11.6. The van der Waals surface area contributed by atoms with Gasteiger partial charge in [-0.1, -0.05) is 30.3 Å². The van der Waals surface area contributed by atoms with Gasteiger partial charge < -0.3 is 10.2 Å². The number of nitrogens with zero attached hydrogens (tertiary/aromatic N) is 1. The van der Waals surface area contributed by atoms with Gasteiger partial charge in [-0.25, -0.2) is 9.78 Å². The molecule has 120 valence electrons. The molecular weight excluding hydrogens is 326 g/mol. The summed E-state index contributed by atoms with van der Waals surface area (Å²) in [5, 5.41) is 19.1. The molecule has 0 bridgehead atoms. The summed E-state index contributed by atoms with van der Waals surface area (Å²) >= 11 is 1.39. The molecule has 0 unspecified atom stereocenters. The molecular formula is C18H13NO4S. The van der Waals surface area contributed by atoms with Crippen LogP contribution in [0.3, 0.4) is 0 Å². The Kier molecular flexibility index (Phi) is 4.39. The van der Waals surface area contributed by atoms with E-state index in [0.717, 1.165) is 10.2 Å². The highest BCUT2D eigenvalue weighted by atomic mass is 32.1. The second-order valence-electron chi connectivity index (χ2n) is 5.12. The summed E-state index contributed by atoms with van der Waals surface area (Å²) in [7, 11) is 0. The number of hydrogen-bond donors (Lipinski definition) is 2. The molecule has 0 saturated heterocycles. The van der Waals surface area contributed by atoms with Gasteiger partial charge in [0.05, 0.1) is 22.2 Å². The van der Waals surface area contributed by atoms with E-state index in [9.17, 15) is 19.8 Å². The summed E-state index contributed by atoms with van der Waals surface area (Å²) in [5.41, 5.74) is 1.86. The van der Waals surface area contributed by atoms with Gasteiger partial charge in [0.25, 0.3) is 0 Å². The van der Waals surface area contributed by atoms with E-state index in [1.165, 1.54) is 17.4 Å². The van der Waals surface area contributed by atoms with Gasteiger partial charge in [-0.15, -0.1) is 11.3 Å². The first-order chi connectivity index (χ1) is 11.5. The number of aromatic nitrogens is 1. The molecule has 2 aromatic carbocycles. The molecule has 0 aliphatic rings. The average Bonchev–Trinajstić information content (AvgIpc) is 2.98. The van der Waals surface area contributed by atoms with Crippen molar-refractivity contribution in [3.05, 3.63) is 64.7 Å². The number of carboxylic acid groups (broad SMARTS) is 2. The molecule has 1 aromatic heterocycles. The van der Waals surface area contributed by atoms with E-state index < -0.39 is 11.9 Å². The highest BCUT2D eigenvalue weighted by Gasteiger charge is 2.14. The quantitative estimate of drug-likeness (QED) is 0.733. The molecule has 0 fully saturated rings. The van der Waals surface area contributed by atoms with Gasteiger partial charge in [0, 0.05) is 0 Å². The van der Waals surface area contributed by atoms with Crippen LogP contribution >= 0.6 is 11.3 Å². The van der Waals surface area contributed by atoms with Crippen LogP contribution in [0.25, 0.3) is 21.9 Å². The molecule has 1 heterocycles. The third-order valence-corrected chi connectivity index (χ3v) is 4.54. The van der Waals surface area contributed by atoms with Crippen molar-refractivity contribution in [2.24, 2.45) is 0 Å². The number of para-hydroxylation sites is 1. The van der Waals surface area contributed by atoms with Crippen LogP contribution in [-0.2, 0) is 4.79 Å². The van der Waals surface area contributed by atoms with E-state index in [1.54, 1.807) is 24.3 Å². The summed E-state index contributed by atoms with van der Waals surface area (Å²) in [6, 6.07) is 14.0. The standard InChI is InChI=1S/C18H13NO4S/c20-16(21)10-12(9-11-5-1-2-6-13(11)18(22)23)17-19-14-7-3-4-8-15(14)24-17/h1-9H,10H2,(H,20,21)(H,22,23)/b12-9-. The third-order valence-electron chi connectivity index (χ3n) is 3.43. The molecule has 0 radical (unpaired) electrons. The van der Waals surface area contributed by atoms with Crippen LogP contribution in [0.2, 0.25) is 0 Å². The van der Waals surface area contributed by atoms with Gasteiger partial charge in [-0.05, 0) is 35.4 Å². The first kappa shape index (κ1) is 15.9. The lowest BCUT2D eigenvalue weighted by Gasteiger charge is -2.04. The maximum Gasteiger partial charge on any atom is 0.336 e. The van der Waals surface area contributed by atoms with E-state index in [1.807, 2.05) is 24.3 Å². The minimum atomic E-state index is -1.05. The summed E-state index contributed by atoms with van der Waals surface area (Å²) < 4.78 is 0.954. The van der Waals surface area contributed by atoms with E-state index in [0.29, 0.717) is 16.1 Å². The fourth-order valence-corrected chi connectivity index (χ4v) is 3.35. The topological polar surface area (TPSA) is 87.5 Å². The predicted molar refractivity (Wildman–Crippen MR) is 93.1 cm³/mol. The van der Waals surface area contributed by atoms with E-state index >= 15 is 0 Å². The van der Waals surface area contributed by atoms with Gasteiger partial charge >= 0.3 is 11.9 Å². The van der Waals surface area contributed by atoms with Crippen LogP contribution in [0, 0.1) is 0 Å². The number of thiazole rings is 1. The Balaban J connectivity index is 2.13. The number of aliphatic carboxylic acids is 1. The van der Waals surface area contributed by atoms with Crippen LogP contribution in [0.1, 0.15) is 27.3 Å². The first-order valence-electron chi connectivity index (χ1n) is 7.15. The lowest BCUT2D eigenvalue weighted by Crippen LogP contribution is -2.01. The Labute approximate surface area is 141 Å². The number of aromatic carboxylic acids is 1. The maximum absolute atomic E-state index is 11.3. The summed E-state index contributed by atoms with van der Waals surface area (Å²) in [6.07, 6.45) is 1.36. The second-order valence-corrected chi connectivity index (χ2v) is 6.15. The molecule has 5 nitrogen and oxygen atoms in total. The van der Waals surface area contributed by atoms with Crippen molar-refractivity contribution in [2.75, 3.05) is 0 Å². The van der Waals surface area contributed by atoms with E-state index in [2.05, 4.69) is 4.98 Å². The number of hydrogen-bond acceptors (Lipinski definition) is 4. The third kappa shape index (κ3) is 3.33. The Bertz CT molecular complexity index is 925. The number of benzene rings is 2. The van der Waals surface area contributed by atoms with Crippen molar-refractivity contribution in [2.45, 2.75) is 6.42 Å². The lowest BCUT2D eigenvalue weighted by molar-refractivity contribution is -0.135. The Morgan fingerprint density at radius 3 is 2.46 bits per heavy atom. The minimum Gasteiger partial charge on any atom is -0.481 e.